The number of ether oxygens (including phenoxy) is 1. The maximum absolute atomic E-state index is 13.6. The predicted molar refractivity (Wildman–Crippen MR) is 68.7 cm³/mol. The van der Waals surface area contributed by atoms with Crippen LogP contribution in [0.2, 0.25) is 0 Å². The van der Waals surface area contributed by atoms with E-state index in [9.17, 15) is 4.39 Å². The molecule has 2 nitrogen and oxygen atoms in total. The second kappa shape index (κ2) is 7.28. The normalized spacial score (nSPS) is 10.9. The number of halogens is 1. The second-order valence-corrected chi connectivity index (χ2v) is 4.54. The van der Waals surface area contributed by atoms with E-state index in [-0.39, 0.29) is 5.82 Å². The SMILES string of the molecule is CCNCc1cccc(F)c1OCCC(C)C. The topological polar surface area (TPSA) is 21.3 Å². The molecule has 0 saturated carbocycles. The van der Waals surface area contributed by atoms with Gasteiger partial charge in [0.1, 0.15) is 0 Å². The smallest absolute Gasteiger partial charge is 0.165 e. The van der Waals surface area contributed by atoms with Crippen molar-refractivity contribution in [1.29, 1.82) is 0 Å². The van der Waals surface area contributed by atoms with Gasteiger partial charge in [-0.2, -0.15) is 0 Å². The Morgan fingerprint density at radius 2 is 2.12 bits per heavy atom. The van der Waals surface area contributed by atoms with Crippen molar-refractivity contribution in [2.75, 3.05) is 13.2 Å². The zero-order chi connectivity index (χ0) is 12.7. The number of nitrogens with one attached hydrogen (secondary N) is 1. The molecule has 0 radical (unpaired) electrons. The minimum absolute atomic E-state index is 0.274. The van der Waals surface area contributed by atoms with Gasteiger partial charge in [0, 0.05) is 12.1 Å². The summed E-state index contributed by atoms with van der Waals surface area (Å²) in [6.07, 6.45) is 0.939. The third kappa shape index (κ3) is 4.73. The summed E-state index contributed by atoms with van der Waals surface area (Å²) in [5.41, 5.74) is 0.885. The molecule has 1 rings (SSSR count). The fourth-order valence-corrected chi connectivity index (χ4v) is 1.51. The Morgan fingerprint density at radius 3 is 2.76 bits per heavy atom. The van der Waals surface area contributed by atoms with E-state index >= 15 is 0 Å². The lowest BCUT2D eigenvalue weighted by Gasteiger charge is -2.13. The van der Waals surface area contributed by atoms with Crippen molar-refractivity contribution in [3.63, 3.8) is 0 Å². The molecule has 0 atom stereocenters. The van der Waals surface area contributed by atoms with E-state index in [4.69, 9.17) is 4.74 Å². The van der Waals surface area contributed by atoms with E-state index in [0.29, 0.717) is 24.8 Å². The van der Waals surface area contributed by atoms with Crippen LogP contribution in [0.5, 0.6) is 5.75 Å². The van der Waals surface area contributed by atoms with Gasteiger partial charge in [0.05, 0.1) is 6.61 Å². The first-order valence-corrected chi connectivity index (χ1v) is 6.26. The monoisotopic (exact) mass is 239 g/mol. The molecule has 17 heavy (non-hydrogen) atoms. The fraction of sp³-hybridized carbons (Fsp3) is 0.571. The highest BCUT2D eigenvalue weighted by molar-refractivity contribution is 5.34. The van der Waals surface area contributed by atoms with Gasteiger partial charge in [-0.05, 0) is 24.9 Å². The summed E-state index contributed by atoms with van der Waals surface area (Å²) in [5, 5.41) is 3.18. The van der Waals surface area contributed by atoms with Crippen molar-refractivity contribution in [1.82, 2.24) is 5.32 Å². The molecule has 0 aliphatic heterocycles. The largest absolute Gasteiger partial charge is 0.490 e. The van der Waals surface area contributed by atoms with E-state index < -0.39 is 0 Å². The highest BCUT2D eigenvalue weighted by Crippen LogP contribution is 2.23. The predicted octanol–water partition coefficient (Wildman–Crippen LogP) is 3.36. The van der Waals surface area contributed by atoms with Gasteiger partial charge in [-0.1, -0.05) is 32.9 Å². The maximum atomic E-state index is 13.6. The number of hydrogen-bond acceptors (Lipinski definition) is 2. The molecule has 0 bridgehead atoms. The molecule has 1 aromatic carbocycles. The van der Waals surface area contributed by atoms with Crippen molar-refractivity contribution >= 4 is 0 Å². The standard InChI is InChI=1S/C14H22FNO/c1-4-16-10-12-6-5-7-13(15)14(12)17-9-8-11(2)3/h5-7,11,16H,4,8-10H2,1-3H3. The Balaban J connectivity index is 2.66. The van der Waals surface area contributed by atoms with Crippen molar-refractivity contribution in [3.05, 3.63) is 29.6 Å². The summed E-state index contributed by atoms with van der Waals surface area (Å²) < 4.78 is 19.2. The third-order valence-electron chi connectivity index (χ3n) is 2.56. The van der Waals surface area contributed by atoms with Crippen LogP contribution in [0.15, 0.2) is 18.2 Å². The molecule has 0 heterocycles. The van der Waals surface area contributed by atoms with Gasteiger partial charge in [0.15, 0.2) is 11.6 Å². The average Bonchev–Trinajstić information content (AvgIpc) is 2.29. The first-order valence-electron chi connectivity index (χ1n) is 6.26. The summed E-state index contributed by atoms with van der Waals surface area (Å²) in [5.74, 6) is 0.692. The Hall–Kier alpha value is -1.09. The average molecular weight is 239 g/mol. The number of benzene rings is 1. The maximum Gasteiger partial charge on any atom is 0.165 e. The van der Waals surface area contributed by atoms with Gasteiger partial charge in [-0.25, -0.2) is 4.39 Å². The van der Waals surface area contributed by atoms with Gasteiger partial charge in [-0.15, -0.1) is 0 Å². The highest BCUT2D eigenvalue weighted by Gasteiger charge is 2.09. The van der Waals surface area contributed by atoms with Crippen LogP contribution in [0.3, 0.4) is 0 Å². The first kappa shape index (κ1) is 14.0. The molecular formula is C14H22FNO. The lowest BCUT2D eigenvalue weighted by atomic mass is 10.1. The minimum atomic E-state index is -0.274. The zero-order valence-electron chi connectivity index (χ0n) is 10.9. The Morgan fingerprint density at radius 1 is 1.35 bits per heavy atom. The fourth-order valence-electron chi connectivity index (χ4n) is 1.51. The molecular weight excluding hydrogens is 217 g/mol. The van der Waals surface area contributed by atoms with Crippen LogP contribution in [0.25, 0.3) is 0 Å². The Labute approximate surface area is 103 Å². The molecule has 1 aromatic rings. The van der Waals surface area contributed by atoms with E-state index in [1.54, 1.807) is 6.07 Å². The van der Waals surface area contributed by atoms with E-state index in [1.807, 2.05) is 13.0 Å². The second-order valence-electron chi connectivity index (χ2n) is 4.54. The van der Waals surface area contributed by atoms with Crippen molar-refractivity contribution in [2.45, 2.75) is 33.7 Å². The molecule has 96 valence electrons. The summed E-state index contributed by atoms with van der Waals surface area (Å²) in [7, 11) is 0. The van der Waals surface area contributed by atoms with Crippen LogP contribution in [0.4, 0.5) is 4.39 Å². The number of hydrogen-bond donors (Lipinski definition) is 1. The molecule has 0 aliphatic rings. The zero-order valence-corrected chi connectivity index (χ0v) is 10.9. The van der Waals surface area contributed by atoms with E-state index in [2.05, 4.69) is 19.2 Å². The molecule has 0 fully saturated rings. The van der Waals surface area contributed by atoms with Crippen LogP contribution in [0.1, 0.15) is 32.8 Å². The molecule has 0 aliphatic carbocycles. The van der Waals surface area contributed by atoms with Gasteiger partial charge in [0.2, 0.25) is 0 Å². The van der Waals surface area contributed by atoms with Crippen molar-refractivity contribution in [3.8, 4) is 5.75 Å². The van der Waals surface area contributed by atoms with E-state index in [1.165, 1.54) is 6.07 Å². The lowest BCUT2D eigenvalue weighted by molar-refractivity contribution is 0.273. The summed E-state index contributed by atoms with van der Waals surface area (Å²) >= 11 is 0. The van der Waals surface area contributed by atoms with Crippen LogP contribution in [-0.4, -0.2) is 13.2 Å². The van der Waals surface area contributed by atoms with Gasteiger partial charge in [-0.3, -0.25) is 0 Å². The minimum Gasteiger partial charge on any atom is -0.490 e. The molecule has 1 N–H and O–H groups in total. The summed E-state index contributed by atoms with van der Waals surface area (Å²) in [6, 6.07) is 5.06. The number of rotatable bonds is 7. The molecule has 0 aromatic heterocycles. The van der Waals surface area contributed by atoms with E-state index in [0.717, 1.165) is 18.5 Å². The van der Waals surface area contributed by atoms with Gasteiger partial charge in [0.25, 0.3) is 0 Å². The van der Waals surface area contributed by atoms with Crippen LogP contribution in [-0.2, 0) is 6.54 Å². The molecule has 3 heteroatoms. The Bertz CT molecular complexity index is 339. The number of para-hydroxylation sites is 1. The Kier molecular flexibility index (Phi) is 5.98. The molecule has 0 saturated heterocycles. The van der Waals surface area contributed by atoms with Gasteiger partial charge < -0.3 is 10.1 Å². The first-order chi connectivity index (χ1) is 8.15. The van der Waals surface area contributed by atoms with Crippen molar-refractivity contribution < 1.29 is 9.13 Å². The van der Waals surface area contributed by atoms with Crippen molar-refractivity contribution in [2.24, 2.45) is 5.92 Å². The summed E-state index contributed by atoms with van der Waals surface area (Å²) in [4.78, 5) is 0. The van der Waals surface area contributed by atoms with Crippen LogP contribution in [0, 0.1) is 11.7 Å². The molecule has 0 spiro atoms. The lowest BCUT2D eigenvalue weighted by Crippen LogP contribution is -2.14. The summed E-state index contributed by atoms with van der Waals surface area (Å²) in [6.45, 7) is 8.36. The third-order valence-corrected chi connectivity index (χ3v) is 2.56. The van der Waals surface area contributed by atoms with Gasteiger partial charge >= 0.3 is 0 Å². The quantitative estimate of drug-likeness (QED) is 0.787. The van der Waals surface area contributed by atoms with Crippen LogP contribution < -0.4 is 10.1 Å². The molecule has 0 amide bonds. The highest BCUT2D eigenvalue weighted by atomic mass is 19.1. The van der Waals surface area contributed by atoms with Crippen LogP contribution >= 0.6 is 0 Å². The molecule has 0 unspecified atom stereocenters.